The number of rotatable bonds is 3. The average molecular weight is 365 g/mol. The minimum Gasteiger partial charge on any atom is -0.361 e. The summed E-state index contributed by atoms with van der Waals surface area (Å²) < 4.78 is 1.44. The number of benzene rings is 1. The largest absolute Gasteiger partial charge is 0.361 e. The lowest BCUT2D eigenvalue weighted by molar-refractivity contribution is -0.121. The Kier molecular flexibility index (Phi) is 4.51. The van der Waals surface area contributed by atoms with Gasteiger partial charge in [-0.1, -0.05) is 41.4 Å². The van der Waals surface area contributed by atoms with Crippen LogP contribution in [0.1, 0.15) is 16.1 Å². The first-order valence-electron chi connectivity index (χ1n) is 7.12. The van der Waals surface area contributed by atoms with E-state index in [0.29, 0.717) is 0 Å². The number of hydrazine groups is 1. The highest BCUT2D eigenvalue weighted by Crippen LogP contribution is 2.24. The Labute approximate surface area is 147 Å². The van der Waals surface area contributed by atoms with Crippen LogP contribution in [0.2, 0.25) is 10.2 Å². The molecule has 2 heterocycles. The summed E-state index contributed by atoms with van der Waals surface area (Å²) in [7, 11) is 1.61. The Balaban J connectivity index is 1.63. The Morgan fingerprint density at radius 2 is 1.96 bits per heavy atom. The predicted octanol–water partition coefficient (Wildman–Crippen LogP) is 2.82. The standard InChI is InChI=1S/C16H14Cl2N4O2/c1-22-13(7-11(17)15(22)18)16(24)21-20-14(23)6-9-8-19-12-5-3-2-4-10(9)12/h2-5,7-8,19H,6H2,1H3,(H,20,23)(H,21,24). The molecule has 0 saturated heterocycles. The molecule has 0 spiro atoms. The molecular weight excluding hydrogens is 351 g/mol. The van der Waals surface area contributed by atoms with Crippen LogP contribution in [0.4, 0.5) is 0 Å². The molecule has 1 aromatic carbocycles. The molecule has 0 radical (unpaired) electrons. The molecule has 2 aromatic heterocycles. The minimum atomic E-state index is -0.501. The highest BCUT2D eigenvalue weighted by molar-refractivity contribution is 6.41. The molecular formula is C16H14Cl2N4O2. The van der Waals surface area contributed by atoms with E-state index in [-0.39, 0.29) is 28.2 Å². The summed E-state index contributed by atoms with van der Waals surface area (Å²) in [6.07, 6.45) is 1.92. The van der Waals surface area contributed by atoms with Crippen LogP contribution in [0.3, 0.4) is 0 Å². The Morgan fingerprint density at radius 1 is 1.21 bits per heavy atom. The molecule has 124 valence electrons. The summed E-state index contributed by atoms with van der Waals surface area (Å²) in [6, 6.07) is 9.12. The van der Waals surface area contributed by atoms with Crippen molar-refractivity contribution in [2.75, 3.05) is 0 Å². The smallest absolute Gasteiger partial charge is 0.286 e. The van der Waals surface area contributed by atoms with Gasteiger partial charge in [-0.3, -0.25) is 20.4 Å². The van der Waals surface area contributed by atoms with Gasteiger partial charge in [-0.15, -0.1) is 0 Å². The third kappa shape index (κ3) is 3.11. The number of aromatic nitrogens is 2. The Hall–Kier alpha value is -2.44. The number of halogens is 2. The fourth-order valence-electron chi connectivity index (χ4n) is 2.45. The van der Waals surface area contributed by atoms with Gasteiger partial charge in [-0.2, -0.15) is 0 Å². The molecule has 0 saturated carbocycles. The number of hydrogen-bond acceptors (Lipinski definition) is 2. The van der Waals surface area contributed by atoms with Crippen LogP contribution in [0, 0.1) is 0 Å². The minimum absolute atomic E-state index is 0.138. The van der Waals surface area contributed by atoms with E-state index in [1.165, 1.54) is 10.6 Å². The van der Waals surface area contributed by atoms with E-state index in [1.54, 1.807) is 13.2 Å². The van der Waals surface area contributed by atoms with Gasteiger partial charge in [0.15, 0.2) is 0 Å². The van der Waals surface area contributed by atoms with Crippen LogP contribution in [-0.4, -0.2) is 21.4 Å². The van der Waals surface area contributed by atoms with E-state index >= 15 is 0 Å². The fraction of sp³-hybridized carbons (Fsp3) is 0.125. The van der Waals surface area contributed by atoms with Gasteiger partial charge < -0.3 is 9.55 Å². The number of carbonyl (C=O) groups is 2. The maximum absolute atomic E-state index is 12.1. The van der Waals surface area contributed by atoms with Crippen molar-refractivity contribution in [3.63, 3.8) is 0 Å². The first kappa shape index (κ1) is 16.4. The van der Waals surface area contributed by atoms with Crippen molar-refractivity contribution >= 4 is 45.9 Å². The van der Waals surface area contributed by atoms with E-state index in [2.05, 4.69) is 15.8 Å². The lowest BCUT2D eigenvalue weighted by Gasteiger charge is -2.08. The van der Waals surface area contributed by atoms with Crippen LogP contribution in [0.5, 0.6) is 0 Å². The van der Waals surface area contributed by atoms with E-state index in [9.17, 15) is 9.59 Å². The van der Waals surface area contributed by atoms with Crippen molar-refractivity contribution in [1.29, 1.82) is 0 Å². The van der Waals surface area contributed by atoms with Crippen LogP contribution < -0.4 is 10.9 Å². The van der Waals surface area contributed by atoms with Gasteiger partial charge >= 0.3 is 0 Å². The maximum atomic E-state index is 12.1. The molecule has 3 rings (SSSR count). The van der Waals surface area contributed by atoms with E-state index in [4.69, 9.17) is 23.2 Å². The van der Waals surface area contributed by atoms with Gasteiger partial charge in [-0.25, -0.2) is 0 Å². The van der Waals surface area contributed by atoms with Crippen molar-refractivity contribution in [1.82, 2.24) is 20.4 Å². The molecule has 0 aliphatic rings. The summed E-state index contributed by atoms with van der Waals surface area (Å²) in [5.41, 5.74) is 6.79. The lowest BCUT2D eigenvalue weighted by atomic mass is 10.1. The topological polar surface area (TPSA) is 78.9 Å². The molecule has 6 nitrogen and oxygen atoms in total. The summed E-state index contributed by atoms with van der Waals surface area (Å²) >= 11 is 11.8. The monoisotopic (exact) mass is 364 g/mol. The average Bonchev–Trinajstić information content (AvgIpc) is 3.09. The van der Waals surface area contributed by atoms with Gasteiger partial charge in [0.2, 0.25) is 5.91 Å². The zero-order chi connectivity index (χ0) is 17.3. The number of amides is 2. The number of carbonyl (C=O) groups excluding carboxylic acids is 2. The maximum Gasteiger partial charge on any atom is 0.286 e. The highest BCUT2D eigenvalue weighted by atomic mass is 35.5. The molecule has 0 unspecified atom stereocenters. The van der Waals surface area contributed by atoms with Gasteiger partial charge in [0, 0.05) is 24.1 Å². The Bertz CT molecular complexity index is 929. The number of hydrogen-bond donors (Lipinski definition) is 3. The van der Waals surface area contributed by atoms with Crippen molar-refractivity contribution in [3.8, 4) is 0 Å². The molecule has 0 bridgehead atoms. The van der Waals surface area contributed by atoms with Crippen LogP contribution in [0.25, 0.3) is 10.9 Å². The zero-order valence-corrected chi connectivity index (χ0v) is 14.2. The number of nitrogens with zero attached hydrogens (tertiary/aromatic N) is 1. The van der Waals surface area contributed by atoms with Crippen LogP contribution >= 0.6 is 23.2 Å². The number of nitrogens with one attached hydrogen (secondary N) is 3. The number of para-hydroxylation sites is 1. The Morgan fingerprint density at radius 3 is 2.67 bits per heavy atom. The SMILES string of the molecule is Cn1c(C(=O)NNC(=O)Cc2c[nH]c3ccccc23)cc(Cl)c1Cl. The van der Waals surface area contributed by atoms with Crippen molar-refractivity contribution < 1.29 is 9.59 Å². The zero-order valence-electron chi connectivity index (χ0n) is 12.7. The molecule has 0 aliphatic heterocycles. The summed E-state index contributed by atoms with van der Waals surface area (Å²) in [5.74, 6) is -0.835. The molecule has 24 heavy (non-hydrogen) atoms. The summed E-state index contributed by atoms with van der Waals surface area (Å²) in [4.78, 5) is 27.2. The van der Waals surface area contributed by atoms with Crippen molar-refractivity contribution in [2.45, 2.75) is 6.42 Å². The first-order valence-corrected chi connectivity index (χ1v) is 7.88. The number of H-pyrrole nitrogens is 1. The van der Waals surface area contributed by atoms with Gasteiger partial charge in [0.05, 0.1) is 11.4 Å². The quantitative estimate of drug-likeness (QED) is 0.624. The van der Waals surface area contributed by atoms with E-state index in [1.807, 2.05) is 24.3 Å². The van der Waals surface area contributed by atoms with Crippen LogP contribution in [0.15, 0.2) is 36.5 Å². The highest BCUT2D eigenvalue weighted by Gasteiger charge is 2.16. The van der Waals surface area contributed by atoms with E-state index in [0.717, 1.165) is 16.5 Å². The molecule has 2 amide bonds. The molecule has 8 heteroatoms. The van der Waals surface area contributed by atoms with Crippen molar-refractivity contribution in [3.05, 3.63) is 58.0 Å². The summed E-state index contributed by atoms with van der Waals surface area (Å²) in [5, 5.41) is 1.50. The van der Waals surface area contributed by atoms with Gasteiger partial charge in [0.1, 0.15) is 10.8 Å². The molecule has 3 aromatic rings. The molecule has 0 aliphatic carbocycles. The predicted molar refractivity (Wildman–Crippen MR) is 93.0 cm³/mol. The number of fused-ring (bicyclic) bond motifs is 1. The van der Waals surface area contributed by atoms with E-state index < -0.39 is 5.91 Å². The molecule has 0 fully saturated rings. The number of aromatic amines is 1. The second kappa shape index (κ2) is 6.59. The molecule has 3 N–H and O–H groups in total. The van der Waals surface area contributed by atoms with Gasteiger partial charge in [-0.05, 0) is 17.7 Å². The summed E-state index contributed by atoms with van der Waals surface area (Å²) in [6.45, 7) is 0. The molecule has 0 atom stereocenters. The third-order valence-electron chi connectivity index (χ3n) is 3.69. The second-order valence-electron chi connectivity index (χ2n) is 5.27. The fourth-order valence-corrected chi connectivity index (χ4v) is 2.82. The normalized spacial score (nSPS) is 10.8. The second-order valence-corrected chi connectivity index (χ2v) is 6.03. The third-order valence-corrected chi connectivity index (χ3v) is 4.53. The van der Waals surface area contributed by atoms with Gasteiger partial charge in [0.25, 0.3) is 5.91 Å². The van der Waals surface area contributed by atoms with Crippen molar-refractivity contribution in [2.24, 2.45) is 7.05 Å². The van der Waals surface area contributed by atoms with Crippen LogP contribution in [-0.2, 0) is 18.3 Å². The first-order chi connectivity index (χ1) is 11.5. The lowest BCUT2D eigenvalue weighted by Crippen LogP contribution is -2.42.